The normalized spacial score (nSPS) is 13.0. The van der Waals surface area contributed by atoms with E-state index in [0.29, 0.717) is 52.7 Å². The van der Waals surface area contributed by atoms with Crippen molar-refractivity contribution in [3.8, 4) is 17.2 Å². The predicted molar refractivity (Wildman–Crippen MR) is 124 cm³/mol. The topological polar surface area (TPSA) is 111 Å². The lowest BCUT2D eigenvalue weighted by Crippen LogP contribution is -2.24. The van der Waals surface area contributed by atoms with Crippen molar-refractivity contribution in [3.63, 3.8) is 0 Å². The molecular formula is C25H23N3O5. The molecule has 3 aromatic carbocycles. The second kappa shape index (κ2) is 9.44. The van der Waals surface area contributed by atoms with Crippen molar-refractivity contribution < 1.29 is 23.9 Å². The van der Waals surface area contributed by atoms with Gasteiger partial charge in [-0.1, -0.05) is 0 Å². The number of hydrogen-bond donors (Lipinski definition) is 2. The molecule has 8 heteroatoms. The predicted octanol–water partition coefficient (Wildman–Crippen LogP) is 3.97. The average molecular weight is 445 g/mol. The number of anilines is 2. The molecule has 3 N–H and O–H groups in total. The molecule has 1 aliphatic rings. The van der Waals surface area contributed by atoms with E-state index in [1.807, 2.05) is 0 Å². The number of rotatable bonds is 7. The van der Waals surface area contributed by atoms with Crippen LogP contribution in [0.1, 0.15) is 33.6 Å². The lowest BCUT2D eigenvalue weighted by Gasteiger charge is -2.20. The molecule has 1 fully saturated rings. The third-order valence-electron chi connectivity index (χ3n) is 5.29. The Morgan fingerprint density at radius 1 is 0.939 bits per heavy atom. The molecule has 33 heavy (non-hydrogen) atoms. The highest BCUT2D eigenvalue weighted by atomic mass is 16.5. The minimum absolute atomic E-state index is 0.0385. The van der Waals surface area contributed by atoms with Crippen LogP contribution in [0.15, 0.2) is 66.7 Å². The van der Waals surface area contributed by atoms with Crippen molar-refractivity contribution in [2.45, 2.75) is 12.8 Å². The van der Waals surface area contributed by atoms with Gasteiger partial charge in [0.15, 0.2) is 0 Å². The number of primary amides is 1. The van der Waals surface area contributed by atoms with Crippen LogP contribution in [0, 0.1) is 0 Å². The second-order valence-corrected chi connectivity index (χ2v) is 7.50. The van der Waals surface area contributed by atoms with E-state index in [1.165, 1.54) is 0 Å². The van der Waals surface area contributed by atoms with E-state index in [-0.39, 0.29) is 11.8 Å². The fraction of sp³-hybridized carbons (Fsp3) is 0.160. The first-order valence-electron chi connectivity index (χ1n) is 10.4. The molecule has 4 rings (SSSR count). The summed E-state index contributed by atoms with van der Waals surface area (Å²) in [6.07, 6.45) is 1.30. The molecule has 0 aliphatic carbocycles. The number of hydrogen-bond acceptors (Lipinski definition) is 5. The lowest BCUT2D eigenvalue weighted by molar-refractivity contribution is -0.117. The van der Waals surface area contributed by atoms with Gasteiger partial charge in [-0.2, -0.15) is 0 Å². The number of ether oxygens (including phenoxy) is 2. The maximum Gasteiger partial charge on any atom is 0.255 e. The molecule has 3 aromatic rings. The zero-order valence-electron chi connectivity index (χ0n) is 18.0. The minimum atomic E-state index is -0.507. The van der Waals surface area contributed by atoms with Gasteiger partial charge in [-0.25, -0.2) is 0 Å². The Morgan fingerprint density at radius 2 is 1.58 bits per heavy atom. The third-order valence-corrected chi connectivity index (χ3v) is 5.29. The van der Waals surface area contributed by atoms with E-state index in [1.54, 1.807) is 78.7 Å². The summed E-state index contributed by atoms with van der Waals surface area (Å²) < 4.78 is 11.1. The van der Waals surface area contributed by atoms with Crippen LogP contribution in [-0.2, 0) is 4.79 Å². The standard InChI is InChI=1S/C25H23N3O5/c1-32-22-13-8-18(15-21(22)28-14-2-3-23(28)29)27-25(31)17-6-11-20(12-7-17)33-19-9-4-16(5-10-19)24(26)30/h4-13,15H,2-3,14H2,1H3,(H2,26,30)(H,27,31). The molecule has 1 saturated heterocycles. The van der Waals surface area contributed by atoms with Crippen LogP contribution in [0.2, 0.25) is 0 Å². The third kappa shape index (κ3) is 4.95. The Hall–Kier alpha value is -4.33. The van der Waals surface area contributed by atoms with E-state index < -0.39 is 5.91 Å². The molecule has 0 radical (unpaired) electrons. The van der Waals surface area contributed by atoms with E-state index in [4.69, 9.17) is 15.2 Å². The number of carbonyl (C=O) groups excluding carboxylic acids is 3. The van der Waals surface area contributed by atoms with E-state index >= 15 is 0 Å². The Morgan fingerprint density at radius 3 is 2.12 bits per heavy atom. The second-order valence-electron chi connectivity index (χ2n) is 7.50. The monoisotopic (exact) mass is 445 g/mol. The van der Waals surface area contributed by atoms with Gasteiger partial charge in [0.1, 0.15) is 17.2 Å². The molecule has 0 saturated carbocycles. The van der Waals surface area contributed by atoms with Gasteiger partial charge < -0.3 is 25.4 Å². The van der Waals surface area contributed by atoms with Gasteiger partial charge >= 0.3 is 0 Å². The van der Waals surface area contributed by atoms with Crippen molar-refractivity contribution >= 4 is 29.1 Å². The first-order valence-corrected chi connectivity index (χ1v) is 10.4. The van der Waals surface area contributed by atoms with E-state index in [2.05, 4.69) is 5.32 Å². The number of nitrogens with one attached hydrogen (secondary N) is 1. The highest BCUT2D eigenvalue weighted by Gasteiger charge is 2.25. The first-order chi connectivity index (χ1) is 15.9. The van der Waals surface area contributed by atoms with Gasteiger partial charge in [0.2, 0.25) is 11.8 Å². The van der Waals surface area contributed by atoms with Crippen molar-refractivity contribution in [2.24, 2.45) is 5.73 Å². The van der Waals surface area contributed by atoms with Crippen molar-refractivity contribution in [1.82, 2.24) is 0 Å². The summed E-state index contributed by atoms with van der Waals surface area (Å²) in [5.41, 5.74) is 7.28. The zero-order valence-corrected chi connectivity index (χ0v) is 18.0. The summed E-state index contributed by atoms with van der Waals surface area (Å²) >= 11 is 0. The maximum atomic E-state index is 12.7. The molecule has 3 amide bonds. The number of nitrogens with two attached hydrogens (primary N) is 1. The number of nitrogens with zero attached hydrogens (tertiary/aromatic N) is 1. The van der Waals surface area contributed by atoms with Crippen LogP contribution in [0.5, 0.6) is 17.2 Å². The van der Waals surface area contributed by atoms with Gasteiger partial charge in [-0.3, -0.25) is 14.4 Å². The van der Waals surface area contributed by atoms with Crippen molar-refractivity contribution in [2.75, 3.05) is 23.9 Å². The SMILES string of the molecule is COc1ccc(NC(=O)c2ccc(Oc3ccc(C(N)=O)cc3)cc2)cc1N1CCCC1=O. The quantitative estimate of drug-likeness (QED) is 0.572. The van der Waals surface area contributed by atoms with Crippen LogP contribution in [0.4, 0.5) is 11.4 Å². The Balaban J connectivity index is 1.44. The molecule has 0 unspecified atom stereocenters. The molecule has 1 aliphatic heterocycles. The molecular weight excluding hydrogens is 422 g/mol. The number of amides is 3. The van der Waals surface area contributed by atoms with Crippen LogP contribution >= 0.6 is 0 Å². The van der Waals surface area contributed by atoms with Crippen LogP contribution in [-0.4, -0.2) is 31.4 Å². The summed E-state index contributed by atoms with van der Waals surface area (Å²) in [5, 5.41) is 2.86. The largest absolute Gasteiger partial charge is 0.495 e. The average Bonchev–Trinajstić information content (AvgIpc) is 3.25. The number of carbonyl (C=O) groups is 3. The van der Waals surface area contributed by atoms with Gasteiger partial charge in [-0.05, 0) is 73.2 Å². The summed E-state index contributed by atoms with van der Waals surface area (Å²) in [5.74, 6) is 0.895. The van der Waals surface area contributed by atoms with Crippen LogP contribution < -0.4 is 25.4 Å². The lowest BCUT2D eigenvalue weighted by atomic mass is 10.2. The van der Waals surface area contributed by atoms with Gasteiger partial charge in [-0.15, -0.1) is 0 Å². The first kappa shape index (κ1) is 21.9. The summed E-state index contributed by atoms with van der Waals surface area (Å²) in [6, 6.07) is 18.3. The number of benzene rings is 3. The Kier molecular flexibility index (Phi) is 6.26. The number of methoxy groups -OCH3 is 1. The zero-order chi connectivity index (χ0) is 23.4. The molecule has 0 atom stereocenters. The fourth-order valence-corrected chi connectivity index (χ4v) is 3.58. The molecule has 8 nitrogen and oxygen atoms in total. The van der Waals surface area contributed by atoms with E-state index in [0.717, 1.165) is 6.42 Å². The Labute approximate surface area is 190 Å². The molecule has 0 spiro atoms. The maximum absolute atomic E-state index is 12.7. The molecule has 0 bridgehead atoms. The van der Waals surface area contributed by atoms with Gasteiger partial charge in [0.05, 0.1) is 12.8 Å². The van der Waals surface area contributed by atoms with Crippen LogP contribution in [0.25, 0.3) is 0 Å². The van der Waals surface area contributed by atoms with Gasteiger partial charge in [0.25, 0.3) is 5.91 Å². The molecule has 1 heterocycles. The fourth-order valence-electron chi connectivity index (χ4n) is 3.58. The van der Waals surface area contributed by atoms with Crippen molar-refractivity contribution in [3.05, 3.63) is 77.9 Å². The highest BCUT2D eigenvalue weighted by Crippen LogP contribution is 2.34. The van der Waals surface area contributed by atoms with E-state index in [9.17, 15) is 14.4 Å². The minimum Gasteiger partial charge on any atom is -0.495 e. The summed E-state index contributed by atoms with van der Waals surface area (Å²) in [4.78, 5) is 37.7. The van der Waals surface area contributed by atoms with Crippen LogP contribution in [0.3, 0.4) is 0 Å². The van der Waals surface area contributed by atoms with Gasteiger partial charge in [0, 0.05) is 29.8 Å². The summed E-state index contributed by atoms with van der Waals surface area (Å²) in [7, 11) is 1.55. The summed E-state index contributed by atoms with van der Waals surface area (Å²) in [6.45, 7) is 0.624. The Bertz CT molecular complexity index is 1190. The highest BCUT2D eigenvalue weighted by molar-refractivity contribution is 6.05. The van der Waals surface area contributed by atoms with Crippen molar-refractivity contribution in [1.29, 1.82) is 0 Å². The smallest absolute Gasteiger partial charge is 0.255 e. The molecule has 168 valence electrons. The molecule has 0 aromatic heterocycles.